The Morgan fingerprint density at radius 2 is 2.29 bits per heavy atom. The summed E-state index contributed by atoms with van der Waals surface area (Å²) >= 11 is 0. The van der Waals surface area contributed by atoms with Gasteiger partial charge in [-0.15, -0.1) is 0 Å². The molecule has 1 spiro atoms. The number of carbonyl (C=O) groups excluding carboxylic acids is 2. The van der Waals surface area contributed by atoms with Crippen molar-refractivity contribution in [2.24, 2.45) is 5.92 Å². The van der Waals surface area contributed by atoms with Gasteiger partial charge < -0.3 is 14.5 Å². The summed E-state index contributed by atoms with van der Waals surface area (Å²) in [4.78, 5) is 28.4. The number of hydrogen-bond acceptors (Lipinski definition) is 3. The van der Waals surface area contributed by atoms with Crippen LogP contribution in [0.3, 0.4) is 0 Å². The number of hydrogen-bond donors (Lipinski definition) is 1. The third-order valence-electron chi connectivity index (χ3n) is 6.01. The van der Waals surface area contributed by atoms with Crippen molar-refractivity contribution in [2.75, 3.05) is 25.1 Å². The van der Waals surface area contributed by atoms with E-state index < -0.39 is 5.54 Å². The molecule has 4 rings (SSSR count). The van der Waals surface area contributed by atoms with Gasteiger partial charge in [-0.1, -0.05) is 0 Å². The van der Waals surface area contributed by atoms with Gasteiger partial charge in [0.2, 0.25) is 5.54 Å². The summed E-state index contributed by atoms with van der Waals surface area (Å²) in [7, 11) is 1.73. The molecule has 0 aromatic heterocycles. The van der Waals surface area contributed by atoms with Crippen molar-refractivity contribution in [3.05, 3.63) is 29.6 Å². The summed E-state index contributed by atoms with van der Waals surface area (Å²) in [6.45, 7) is 2.96. The number of fused-ring (bicyclic) bond motifs is 4. The topological polar surface area (TPSA) is 51.1 Å². The minimum atomic E-state index is -0.842. The van der Waals surface area contributed by atoms with E-state index in [0.717, 1.165) is 35.5 Å². The van der Waals surface area contributed by atoms with Gasteiger partial charge in [-0.2, -0.15) is 0 Å². The second kappa shape index (κ2) is 5.28. The van der Waals surface area contributed by atoms with Crippen molar-refractivity contribution < 1.29 is 23.6 Å². The predicted octanol–water partition coefficient (Wildman–Crippen LogP) is 0.628. The monoisotopic (exact) mass is 333 g/mol. The molecule has 0 radical (unpaired) electrons. The van der Waals surface area contributed by atoms with Crippen LogP contribution in [0.25, 0.3) is 0 Å². The van der Waals surface area contributed by atoms with Crippen LogP contribution in [0.5, 0.6) is 0 Å². The molecule has 5 nitrogen and oxygen atoms in total. The summed E-state index contributed by atoms with van der Waals surface area (Å²) in [5, 5.41) is 0. The molecule has 4 atom stereocenters. The lowest BCUT2D eigenvalue weighted by Crippen LogP contribution is -3.19. The van der Waals surface area contributed by atoms with E-state index in [-0.39, 0.29) is 29.7 Å². The van der Waals surface area contributed by atoms with E-state index >= 15 is 0 Å². The van der Waals surface area contributed by atoms with E-state index in [1.165, 1.54) is 12.1 Å². The van der Waals surface area contributed by atoms with E-state index in [2.05, 4.69) is 0 Å². The summed E-state index contributed by atoms with van der Waals surface area (Å²) < 4.78 is 19.2. The highest BCUT2D eigenvalue weighted by atomic mass is 19.1. The van der Waals surface area contributed by atoms with E-state index in [4.69, 9.17) is 4.74 Å². The van der Waals surface area contributed by atoms with E-state index in [1.54, 1.807) is 24.9 Å². The molecule has 2 fully saturated rings. The van der Waals surface area contributed by atoms with Gasteiger partial charge in [0.25, 0.3) is 5.91 Å². The molecule has 128 valence electrons. The number of amides is 1. The Labute approximate surface area is 140 Å². The summed E-state index contributed by atoms with van der Waals surface area (Å²) in [5.74, 6) is -0.893. The number of ether oxygens (including phenoxy) is 1. The Morgan fingerprint density at radius 3 is 3.04 bits per heavy atom. The fourth-order valence-electron chi connectivity index (χ4n) is 5.11. The molecule has 1 aromatic rings. The van der Waals surface area contributed by atoms with Gasteiger partial charge >= 0.3 is 5.97 Å². The number of likely N-dealkylation sites (N-methyl/N-ethyl adjacent to an activating group) is 1. The number of halogens is 1. The lowest BCUT2D eigenvalue weighted by atomic mass is 9.84. The van der Waals surface area contributed by atoms with Crippen molar-refractivity contribution in [2.45, 2.75) is 37.8 Å². The molecule has 1 aromatic carbocycles. The molecule has 1 N–H and O–H groups in total. The molecule has 3 aliphatic heterocycles. The Balaban J connectivity index is 1.84. The molecular formula is C18H22FN2O3+. The zero-order valence-electron chi connectivity index (χ0n) is 14.0. The van der Waals surface area contributed by atoms with Crippen LogP contribution in [0.15, 0.2) is 18.2 Å². The van der Waals surface area contributed by atoms with Crippen molar-refractivity contribution in [3.63, 3.8) is 0 Å². The number of anilines is 1. The average Bonchev–Trinajstić information content (AvgIpc) is 3.19. The summed E-state index contributed by atoms with van der Waals surface area (Å²) in [5.41, 5.74) is 0.637. The average molecular weight is 333 g/mol. The van der Waals surface area contributed by atoms with Gasteiger partial charge in [-0.25, -0.2) is 4.39 Å². The lowest BCUT2D eigenvalue weighted by molar-refractivity contribution is -0.947. The maximum atomic E-state index is 13.9. The predicted molar refractivity (Wildman–Crippen MR) is 85.1 cm³/mol. The Morgan fingerprint density at radius 1 is 1.50 bits per heavy atom. The third-order valence-corrected chi connectivity index (χ3v) is 6.01. The quantitative estimate of drug-likeness (QED) is 0.808. The number of nitrogens with one attached hydrogen (secondary N) is 1. The van der Waals surface area contributed by atoms with Crippen LogP contribution in [0.2, 0.25) is 0 Å². The standard InChI is InChI=1S/C18H21FN2O3/c1-3-24-16(22)12-10-18(21-8-4-5-14(12)21)13-9-11(19)6-7-15(13)20(2)17(18)23/h6-7,9,12,14H,3-5,8,10H2,1-2H3/p+1/t12-,14+,18+/m1/s1. The molecule has 3 heterocycles. The second-order valence-corrected chi connectivity index (χ2v) is 7.02. The molecule has 0 saturated carbocycles. The minimum absolute atomic E-state index is 0.0307. The van der Waals surface area contributed by atoms with Crippen LogP contribution in [-0.2, 0) is 19.9 Å². The highest BCUT2D eigenvalue weighted by Gasteiger charge is 2.68. The zero-order chi connectivity index (χ0) is 17.1. The Kier molecular flexibility index (Phi) is 3.42. The minimum Gasteiger partial charge on any atom is -0.466 e. The second-order valence-electron chi connectivity index (χ2n) is 7.02. The number of quaternary nitrogens is 1. The number of nitrogens with zero attached hydrogens (tertiary/aromatic N) is 1. The Hall–Kier alpha value is -1.95. The third kappa shape index (κ3) is 1.83. The van der Waals surface area contributed by atoms with Gasteiger partial charge in [-0.05, 0) is 25.1 Å². The van der Waals surface area contributed by atoms with Crippen LogP contribution in [0, 0.1) is 11.7 Å². The first-order chi connectivity index (χ1) is 11.5. The summed E-state index contributed by atoms with van der Waals surface area (Å²) in [6, 6.07) is 4.61. The van der Waals surface area contributed by atoms with E-state index in [0.29, 0.717) is 13.0 Å². The molecule has 1 unspecified atom stereocenters. The van der Waals surface area contributed by atoms with Crippen LogP contribution in [0.1, 0.15) is 31.7 Å². The SMILES string of the molecule is CCOC(=O)[C@@H]1C[C@]2(C(=O)N(C)c3ccc(F)cc32)[NH+]2CCC[C@@H]12. The van der Waals surface area contributed by atoms with Crippen molar-refractivity contribution in [3.8, 4) is 0 Å². The smallest absolute Gasteiger partial charge is 0.315 e. The molecule has 2 saturated heterocycles. The van der Waals surface area contributed by atoms with E-state index in [9.17, 15) is 14.0 Å². The highest BCUT2D eigenvalue weighted by Crippen LogP contribution is 2.46. The Bertz CT molecular complexity index is 722. The molecule has 0 bridgehead atoms. The number of benzene rings is 1. The fraction of sp³-hybridized carbons (Fsp3) is 0.556. The highest BCUT2D eigenvalue weighted by molar-refractivity contribution is 6.06. The first-order valence-corrected chi connectivity index (χ1v) is 8.61. The van der Waals surface area contributed by atoms with Crippen LogP contribution in [-0.4, -0.2) is 38.1 Å². The fourth-order valence-corrected chi connectivity index (χ4v) is 5.11. The van der Waals surface area contributed by atoms with Gasteiger partial charge in [0.05, 0.1) is 18.8 Å². The maximum Gasteiger partial charge on any atom is 0.315 e. The molecule has 3 aliphatic rings. The van der Waals surface area contributed by atoms with Crippen molar-refractivity contribution in [1.29, 1.82) is 0 Å². The zero-order valence-corrected chi connectivity index (χ0v) is 14.0. The molecule has 24 heavy (non-hydrogen) atoms. The lowest BCUT2D eigenvalue weighted by Gasteiger charge is -2.30. The number of carbonyl (C=O) groups is 2. The molecule has 1 amide bonds. The van der Waals surface area contributed by atoms with E-state index in [1.807, 2.05) is 0 Å². The number of esters is 1. The van der Waals surface area contributed by atoms with Crippen molar-refractivity contribution in [1.82, 2.24) is 0 Å². The first-order valence-electron chi connectivity index (χ1n) is 8.61. The van der Waals surface area contributed by atoms with Crippen LogP contribution >= 0.6 is 0 Å². The van der Waals surface area contributed by atoms with Crippen molar-refractivity contribution >= 4 is 17.6 Å². The van der Waals surface area contributed by atoms with Crippen LogP contribution < -0.4 is 9.80 Å². The number of rotatable bonds is 2. The molecular weight excluding hydrogens is 311 g/mol. The first kappa shape index (κ1) is 15.6. The molecule has 6 heteroatoms. The van der Waals surface area contributed by atoms with Gasteiger partial charge in [0, 0.05) is 31.9 Å². The van der Waals surface area contributed by atoms with Crippen LogP contribution in [0.4, 0.5) is 10.1 Å². The van der Waals surface area contributed by atoms with Gasteiger partial charge in [-0.3, -0.25) is 9.59 Å². The molecule has 0 aliphatic carbocycles. The van der Waals surface area contributed by atoms with Gasteiger partial charge in [0.1, 0.15) is 17.8 Å². The van der Waals surface area contributed by atoms with Gasteiger partial charge in [0.15, 0.2) is 0 Å². The maximum absolute atomic E-state index is 13.9. The largest absolute Gasteiger partial charge is 0.466 e. The summed E-state index contributed by atoms with van der Waals surface area (Å²) in [6.07, 6.45) is 2.28. The normalized spacial score (nSPS) is 33.9.